The highest BCUT2D eigenvalue weighted by Crippen LogP contribution is 1.97. The van der Waals surface area contributed by atoms with Crippen LogP contribution in [-0.4, -0.2) is 53.1 Å². The molecule has 0 atom stereocenters. The molecule has 0 aromatic carbocycles. The summed E-state index contributed by atoms with van der Waals surface area (Å²) < 4.78 is 12.6. The van der Waals surface area contributed by atoms with Crippen LogP contribution >= 0.6 is 0 Å². The molecule has 0 aliphatic heterocycles. The van der Waals surface area contributed by atoms with Crippen LogP contribution in [0.15, 0.2) is 6.20 Å². The van der Waals surface area contributed by atoms with E-state index in [0.717, 1.165) is 19.4 Å². The Balaban J connectivity index is 2.09. The van der Waals surface area contributed by atoms with E-state index in [1.807, 2.05) is 0 Å². The van der Waals surface area contributed by atoms with Gasteiger partial charge in [-0.1, -0.05) is 25.5 Å². The topological polar surface area (TPSA) is 95.3 Å². The fraction of sp³-hybridized carbons (Fsp3) is 0.765. The lowest BCUT2D eigenvalue weighted by molar-refractivity contribution is -0.125. The van der Waals surface area contributed by atoms with Crippen molar-refractivity contribution in [3.8, 4) is 0 Å². The summed E-state index contributed by atoms with van der Waals surface area (Å²) in [5.41, 5.74) is 0.679. The number of ether oxygens (including phenoxy) is 2. The van der Waals surface area contributed by atoms with Gasteiger partial charge in [0.05, 0.1) is 39.1 Å². The van der Waals surface area contributed by atoms with Crippen molar-refractivity contribution in [3.05, 3.63) is 11.9 Å². The fourth-order valence-electron chi connectivity index (χ4n) is 1.96. The number of unbranched alkanes of at least 4 members (excludes halogenated alkanes) is 1. The maximum absolute atomic E-state index is 11.6. The van der Waals surface area contributed by atoms with Gasteiger partial charge < -0.3 is 14.8 Å². The number of nitrogens with one attached hydrogen (secondary N) is 1. The molecule has 1 rings (SSSR count). The summed E-state index contributed by atoms with van der Waals surface area (Å²) in [4.78, 5) is 22.8. The molecule has 142 valence electrons. The van der Waals surface area contributed by atoms with E-state index in [-0.39, 0.29) is 24.5 Å². The first-order valence-electron chi connectivity index (χ1n) is 8.98. The van der Waals surface area contributed by atoms with Crippen molar-refractivity contribution < 1.29 is 19.1 Å². The van der Waals surface area contributed by atoms with Crippen LogP contribution in [0.4, 0.5) is 0 Å². The third-order valence-electron chi connectivity index (χ3n) is 3.56. The molecule has 1 heterocycles. The molecule has 25 heavy (non-hydrogen) atoms. The average Bonchev–Trinajstić information content (AvgIpc) is 3.08. The molecule has 0 spiro atoms. The van der Waals surface area contributed by atoms with Crippen molar-refractivity contribution in [1.82, 2.24) is 20.3 Å². The van der Waals surface area contributed by atoms with E-state index in [4.69, 9.17) is 9.47 Å². The van der Waals surface area contributed by atoms with Crippen molar-refractivity contribution in [2.45, 2.75) is 59.0 Å². The molecule has 0 saturated heterocycles. The van der Waals surface area contributed by atoms with Crippen molar-refractivity contribution >= 4 is 11.7 Å². The fourth-order valence-corrected chi connectivity index (χ4v) is 1.96. The molecule has 0 bridgehead atoms. The highest BCUT2D eigenvalue weighted by Gasteiger charge is 2.07. The van der Waals surface area contributed by atoms with Gasteiger partial charge in [-0.3, -0.25) is 9.59 Å². The third-order valence-corrected chi connectivity index (χ3v) is 3.56. The Morgan fingerprint density at radius 3 is 2.60 bits per heavy atom. The van der Waals surface area contributed by atoms with Gasteiger partial charge in [0.2, 0.25) is 5.91 Å². The second kappa shape index (κ2) is 13.5. The van der Waals surface area contributed by atoms with Gasteiger partial charge >= 0.3 is 0 Å². The zero-order chi connectivity index (χ0) is 18.3. The first kappa shape index (κ1) is 21.2. The van der Waals surface area contributed by atoms with Crippen LogP contribution in [0.25, 0.3) is 0 Å². The Bertz CT molecular complexity index is 505. The summed E-state index contributed by atoms with van der Waals surface area (Å²) in [5, 5.41) is 10.7. The van der Waals surface area contributed by atoms with E-state index in [0.29, 0.717) is 45.0 Å². The van der Waals surface area contributed by atoms with Crippen LogP contribution in [0.3, 0.4) is 0 Å². The Morgan fingerprint density at radius 1 is 1.12 bits per heavy atom. The standard InChI is InChI=1S/C17H30N4O4/c1-3-5-9-24-11-12-25-10-8-21-14-15(19-20-21)13-18-17(23)7-6-16(22)4-2/h14H,3-13H2,1-2H3,(H,18,23). The predicted octanol–water partition coefficient (Wildman–Crippen LogP) is 1.49. The minimum absolute atomic E-state index is 0.0943. The highest BCUT2D eigenvalue weighted by molar-refractivity contribution is 5.84. The van der Waals surface area contributed by atoms with Crippen LogP contribution in [0.5, 0.6) is 0 Å². The molecule has 0 unspecified atom stereocenters. The molecule has 0 fully saturated rings. The van der Waals surface area contributed by atoms with Gasteiger partial charge in [0.25, 0.3) is 0 Å². The summed E-state index contributed by atoms with van der Waals surface area (Å²) in [5.74, 6) is -0.0559. The van der Waals surface area contributed by atoms with E-state index in [1.165, 1.54) is 0 Å². The maximum Gasteiger partial charge on any atom is 0.220 e. The lowest BCUT2D eigenvalue weighted by Gasteiger charge is -2.05. The molecule has 0 saturated carbocycles. The number of nitrogens with zero attached hydrogens (tertiary/aromatic N) is 3. The van der Waals surface area contributed by atoms with Crippen molar-refractivity contribution in [1.29, 1.82) is 0 Å². The number of amides is 1. The van der Waals surface area contributed by atoms with Gasteiger partial charge in [-0.25, -0.2) is 4.68 Å². The smallest absolute Gasteiger partial charge is 0.220 e. The average molecular weight is 354 g/mol. The molecule has 1 aromatic rings. The van der Waals surface area contributed by atoms with E-state index < -0.39 is 0 Å². The minimum Gasteiger partial charge on any atom is -0.379 e. The van der Waals surface area contributed by atoms with Gasteiger partial charge in [-0.05, 0) is 6.42 Å². The maximum atomic E-state index is 11.6. The van der Waals surface area contributed by atoms with Crippen LogP contribution in [0.1, 0.15) is 51.6 Å². The summed E-state index contributed by atoms with van der Waals surface area (Å²) in [6.45, 7) is 7.32. The minimum atomic E-state index is -0.150. The molecule has 8 heteroatoms. The first-order chi connectivity index (χ1) is 12.2. The Morgan fingerprint density at radius 2 is 1.88 bits per heavy atom. The summed E-state index contributed by atoms with van der Waals surface area (Å²) >= 11 is 0. The van der Waals surface area contributed by atoms with Gasteiger partial charge in [-0.2, -0.15) is 0 Å². The number of carbonyl (C=O) groups excluding carboxylic acids is 2. The molecule has 1 N–H and O–H groups in total. The zero-order valence-electron chi connectivity index (χ0n) is 15.3. The van der Waals surface area contributed by atoms with E-state index >= 15 is 0 Å². The quantitative estimate of drug-likeness (QED) is 0.480. The number of carbonyl (C=O) groups is 2. The second-order valence-electron chi connectivity index (χ2n) is 5.72. The van der Waals surface area contributed by atoms with Gasteiger partial charge in [0, 0.05) is 25.9 Å². The van der Waals surface area contributed by atoms with Gasteiger partial charge in [0.1, 0.15) is 11.5 Å². The van der Waals surface area contributed by atoms with Gasteiger partial charge in [-0.15, -0.1) is 5.10 Å². The first-order valence-corrected chi connectivity index (χ1v) is 8.98. The van der Waals surface area contributed by atoms with Gasteiger partial charge in [0.15, 0.2) is 0 Å². The monoisotopic (exact) mass is 354 g/mol. The molecular formula is C17H30N4O4. The van der Waals surface area contributed by atoms with Crippen LogP contribution in [-0.2, 0) is 32.2 Å². The second-order valence-corrected chi connectivity index (χ2v) is 5.72. The Hall–Kier alpha value is -1.80. The summed E-state index contributed by atoms with van der Waals surface area (Å²) in [6.07, 6.45) is 4.95. The molecule has 1 amide bonds. The largest absolute Gasteiger partial charge is 0.379 e. The summed E-state index contributed by atoms with van der Waals surface area (Å²) in [6, 6.07) is 0. The predicted molar refractivity (Wildman–Crippen MR) is 92.9 cm³/mol. The van der Waals surface area contributed by atoms with Crippen molar-refractivity contribution in [3.63, 3.8) is 0 Å². The molecule has 0 radical (unpaired) electrons. The van der Waals surface area contributed by atoms with E-state index in [9.17, 15) is 9.59 Å². The number of hydrogen-bond donors (Lipinski definition) is 1. The number of hydrogen-bond acceptors (Lipinski definition) is 6. The summed E-state index contributed by atoms with van der Waals surface area (Å²) in [7, 11) is 0. The lowest BCUT2D eigenvalue weighted by Crippen LogP contribution is -2.23. The number of Topliss-reactive ketones (excluding diaryl/α,β-unsaturated/α-hetero) is 1. The highest BCUT2D eigenvalue weighted by atomic mass is 16.5. The third kappa shape index (κ3) is 10.6. The van der Waals surface area contributed by atoms with E-state index in [1.54, 1.807) is 17.8 Å². The van der Waals surface area contributed by atoms with Crippen LogP contribution in [0, 0.1) is 0 Å². The van der Waals surface area contributed by atoms with Crippen LogP contribution < -0.4 is 5.32 Å². The molecule has 8 nitrogen and oxygen atoms in total. The zero-order valence-corrected chi connectivity index (χ0v) is 15.3. The number of aromatic nitrogens is 3. The molecule has 1 aromatic heterocycles. The number of ketones is 1. The molecule has 0 aliphatic carbocycles. The van der Waals surface area contributed by atoms with Crippen molar-refractivity contribution in [2.75, 3.05) is 26.4 Å². The molecular weight excluding hydrogens is 324 g/mol. The normalized spacial score (nSPS) is 10.8. The number of rotatable bonds is 15. The Kier molecular flexibility index (Phi) is 11.5. The Labute approximate surface area is 149 Å². The lowest BCUT2D eigenvalue weighted by atomic mass is 10.2. The van der Waals surface area contributed by atoms with Crippen molar-refractivity contribution in [2.24, 2.45) is 0 Å². The van der Waals surface area contributed by atoms with Crippen LogP contribution in [0.2, 0.25) is 0 Å². The molecule has 0 aliphatic rings. The van der Waals surface area contributed by atoms with E-state index in [2.05, 4.69) is 22.6 Å². The SMILES string of the molecule is CCCCOCCOCCn1cc(CNC(=O)CCC(=O)CC)nn1.